The molecule has 2 bridgehead atoms. The van der Waals surface area contributed by atoms with Gasteiger partial charge >= 0.3 is 0 Å². The molecule has 0 N–H and O–H groups in total. The standard InChI is InChI=1S/C48H50N2OSi/c1-25(2)52(26(3)4,27(5)6)28-19-35-33-21-34-36(45(51)41-31-17-13-11-15-29(31)40(34)30-16-12-14-18-32(30)41)22-38(33)50-39-23-49-46-43(42(39)37(20-28)44(35)50)47(7,8)24-48(46,9)10/h11-23,25-27,40-41H,24H2,1-10H3. The third-order valence-electron chi connectivity index (χ3n) is 14.2. The van der Waals surface area contributed by atoms with Crippen LogP contribution >= 0.6 is 0 Å². The second-order valence-electron chi connectivity index (χ2n) is 18.8. The molecule has 3 nitrogen and oxygen atoms in total. The molecule has 3 heterocycles. The van der Waals surface area contributed by atoms with E-state index >= 15 is 4.79 Å². The van der Waals surface area contributed by atoms with Gasteiger partial charge in [-0.15, -0.1) is 0 Å². The van der Waals surface area contributed by atoms with E-state index in [9.17, 15) is 0 Å². The van der Waals surface area contributed by atoms with E-state index in [0.29, 0.717) is 16.6 Å². The van der Waals surface area contributed by atoms with Gasteiger partial charge < -0.3 is 4.40 Å². The van der Waals surface area contributed by atoms with E-state index in [0.717, 1.165) is 34.2 Å². The van der Waals surface area contributed by atoms with Gasteiger partial charge in [0.15, 0.2) is 5.78 Å². The molecule has 4 aliphatic rings. The molecule has 0 fully saturated rings. The summed E-state index contributed by atoms with van der Waals surface area (Å²) in [5.41, 5.74) is 14.9. The normalized spacial score (nSPS) is 20.1. The third-order valence-corrected chi connectivity index (χ3v) is 21.3. The summed E-state index contributed by atoms with van der Waals surface area (Å²) in [6, 6.07) is 27.4. The lowest BCUT2D eigenvalue weighted by Crippen LogP contribution is -2.55. The molecule has 4 heteroatoms. The molecule has 0 spiro atoms. The van der Waals surface area contributed by atoms with Crippen LogP contribution in [0.1, 0.15) is 137 Å². The van der Waals surface area contributed by atoms with Crippen LogP contribution in [0.2, 0.25) is 16.6 Å². The maximum Gasteiger partial charge on any atom is 0.175 e. The predicted molar refractivity (Wildman–Crippen MR) is 220 cm³/mol. The van der Waals surface area contributed by atoms with Crippen molar-refractivity contribution >= 4 is 57.1 Å². The van der Waals surface area contributed by atoms with Crippen LogP contribution in [-0.2, 0) is 10.8 Å². The Morgan fingerprint density at radius 1 is 0.673 bits per heavy atom. The molecule has 7 aromatic rings. The number of nitrogens with zero attached hydrogens (tertiary/aromatic N) is 2. The highest BCUT2D eigenvalue weighted by molar-refractivity contribution is 6.95. The molecule has 4 aliphatic carbocycles. The van der Waals surface area contributed by atoms with Crippen LogP contribution in [0.4, 0.5) is 0 Å². The summed E-state index contributed by atoms with van der Waals surface area (Å²) in [6.45, 7) is 24.5. The van der Waals surface area contributed by atoms with Crippen LogP contribution in [-0.4, -0.2) is 23.2 Å². The Kier molecular flexibility index (Phi) is 6.37. The summed E-state index contributed by atoms with van der Waals surface area (Å²) in [5, 5.41) is 6.92. The van der Waals surface area contributed by atoms with Crippen LogP contribution in [0.15, 0.2) is 79.0 Å². The van der Waals surface area contributed by atoms with Crippen LogP contribution in [0.3, 0.4) is 0 Å². The van der Waals surface area contributed by atoms with Crippen molar-refractivity contribution in [2.75, 3.05) is 0 Å². The number of carbonyl (C=O) groups is 1. The summed E-state index contributed by atoms with van der Waals surface area (Å²) in [7, 11) is -2.05. The van der Waals surface area contributed by atoms with Crippen molar-refractivity contribution in [3.63, 3.8) is 0 Å². The van der Waals surface area contributed by atoms with Gasteiger partial charge in [0.2, 0.25) is 0 Å². The zero-order valence-corrected chi connectivity index (χ0v) is 33.4. The number of pyridine rings is 1. The van der Waals surface area contributed by atoms with E-state index in [1.165, 1.54) is 55.0 Å². The lowest BCUT2D eigenvalue weighted by atomic mass is 9.72. The second kappa shape index (κ2) is 10.2. The Bertz CT molecular complexity index is 2620. The summed E-state index contributed by atoms with van der Waals surface area (Å²) in [5.74, 6) is -0.0496. The van der Waals surface area contributed by atoms with Crippen molar-refractivity contribution in [2.24, 2.45) is 0 Å². The van der Waals surface area contributed by atoms with E-state index < -0.39 is 8.07 Å². The van der Waals surface area contributed by atoms with Gasteiger partial charge in [0, 0.05) is 38.4 Å². The summed E-state index contributed by atoms with van der Waals surface area (Å²) < 4.78 is 2.50. The van der Waals surface area contributed by atoms with E-state index in [1.807, 2.05) is 0 Å². The highest BCUT2D eigenvalue weighted by Crippen LogP contribution is 2.56. The molecule has 262 valence electrons. The minimum absolute atomic E-state index is 0.00322. The molecular weight excluding hydrogens is 649 g/mol. The first kappa shape index (κ1) is 32.4. The first-order valence-electron chi connectivity index (χ1n) is 19.6. The van der Waals surface area contributed by atoms with Crippen molar-refractivity contribution in [2.45, 2.75) is 115 Å². The number of rotatable bonds is 4. The quantitative estimate of drug-likeness (QED) is 0.172. The van der Waals surface area contributed by atoms with Crippen molar-refractivity contribution in [1.29, 1.82) is 0 Å². The highest BCUT2D eigenvalue weighted by atomic mass is 28.3. The predicted octanol–water partition coefficient (Wildman–Crippen LogP) is 11.9. The van der Waals surface area contributed by atoms with E-state index in [1.54, 1.807) is 5.19 Å². The molecular formula is C48H50N2OSi. The molecule has 0 unspecified atom stereocenters. The fraction of sp³-hybridized carbons (Fsp3) is 0.375. The molecule has 4 aromatic carbocycles. The van der Waals surface area contributed by atoms with E-state index in [2.05, 4.69) is 153 Å². The first-order chi connectivity index (χ1) is 24.7. The number of fused-ring (bicyclic) bond motifs is 8. The number of benzene rings is 4. The molecule has 0 aliphatic heterocycles. The van der Waals surface area contributed by atoms with Crippen LogP contribution in [0.25, 0.3) is 38.1 Å². The van der Waals surface area contributed by atoms with E-state index in [-0.39, 0.29) is 28.4 Å². The van der Waals surface area contributed by atoms with Crippen LogP contribution in [0, 0.1) is 0 Å². The van der Waals surface area contributed by atoms with Crippen LogP contribution in [0.5, 0.6) is 0 Å². The fourth-order valence-electron chi connectivity index (χ4n) is 12.9. The SMILES string of the molecule is CC(C)[Si](c1cc2c3cc4c(cc3n3c5cnc6c(c5c(c1)c23)C(C)(C)CC6(C)C)C(=O)C1c2ccccc2C4c2ccccc21)(C(C)C)C(C)C. The second-order valence-corrected chi connectivity index (χ2v) is 24.7. The molecule has 0 saturated heterocycles. The average Bonchev–Trinajstić information content (AvgIpc) is 3.60. The number of carbonyl (C=O) groups excluding carboxylic acids is 1. The number of hydrogen-bond donors (Lipinski definition) is 0. The van der Waals surface area contributed by atoms with Crippen molar-refractivity contribution in [3.8, 4) is 0 Å². The number of ketones is 1. The fourth-order valence-corrected chi connectivity index (χ4v) is 19.7. The molecule has 3 aromatic heterocycles. The highest BCUT2D eigenvalue weighted by Gasteiger charge is 2.48. The maximum atomic E-state index is 15.0. The van der Waals surface area contributed by atoms with Crippen molar-refractivity contribution in [1.82, 2.24) is 9.38 Å². The Morgan fingerprint density at radius 3 is 1.81 bits per heavy atom. The minimum atomic E-state index is -2.05. The lowest BCUT2D eigenvalue weighted by Gasteiger charge is -2.44. The maximum absolute atomic E-state index is 15.0. The van der Waals surface area contributed by atoms with E-state index in [4.69, 9.17) is 4.98 Å². The van der Waals surface area contributed by atoms with Gasteiger partial charge in [-0.25, -0.2) is 0 Å². The zero-order chi connectivity index (χ0) is 36.4. The number of Topliss-reactive ketones (excluding diaryl/α,β-unsaturated/α-hetero) is 1. The monoisotopic (exact) mass is 698 g/mol. The number of hydrogen-bond acceptors (Lipinski definition) is 2. The van der Waals surface area contributed by atoms with Crippen molar-refractivity contribution in [3.05, 3.63) is 124 Å². The minimum Gasteiger partial charge on any atom is -0.306 e. The summed E-state index contributed by atoms with van der Waals surface area (Å²) in [6.07, 6.45) is 3.24. The van der Waals surface area contributed by atoms with Gasteiger partial charge in [0.05, 0.1) is 42.4 Å². The third kappa shape index (κ3) is 3.72. The lowest BCUT2D eigenvalue weighted by molar-refractivity contribution is 0.0974. The molecule has 11 rings (SSSR count). The summed E-state index contributed by atoms with van der Waals surface area (Å²) in [4.78, 5) is 20.4. The largest absolute Gasteiger partial charge is 0.306 e. The van der Waals surface area contributed by atoms with Gasteiger partial charge in [-0.1, -0.05) is 135 Å². The Balaban J connectivity index is 1.40. The summed E-state index contributed by atoms with van der Waals surface area (Å²) >= 11 is 0. The molecule has 0 radical (unpaired) electrons. The van der Waals surface area contributed by atoms with Gasteiger partial charge in [-0.2, -0.15) is 0 Å². The average molecular weight is 699 g/mol. The molecule has 0 saturated carbocycles. The van der Waals surface area contributed by atoms with Crippen LogP contribution < -0.4 is 5.19 Å². The van der Waals surface area contributed by atoms with Gasteiger partial charge in [-0.3, -0.25) is 9.78 Å². The first-order valence-corrected chi connectivity index (χ1v) is 21.9. The van der Waals surface area contributed by atoms with Gasteiger partial charge in [0.25, 0.3) is 0 Å². The topological polar surface area (TPSA) is 34.4 Å². The molecule has 0 atom stereocenters. The van der Waals surface area contributed by atoms with Gasteiger partial charge in [-0.05, 0) is 74.0 Å². The smallest absolute Gasteiger partial charge is 0.175 e. The zero-order valence-electron chi connectivity index (χ0n) is 32.4. The molecule has 52 heavy (non-hydrogen) atoms. The Labute approximate surface area is 308 Å². The number of aromatic nitrogens is 2. The Hall–Kier alpha value is -4.28. The molecule has 0 amide bonds. The van der Waals surface area contributed by atoms with Gasteiger partial charge in [0.1, 0.15) is 0 Å². The van der Waals surface area contributed by atoms with Crippen molar-refractivity contribution < 1.29 is 4.79 Å². The Morgan fingerprint density at radius 2 is 1.23 bits per heavy atom.